The Morgan fingerprint density at radius 2 is 2.10 bits per heavy atom. The number of carboxylic acids is 1. The molecule has 0 aromatic heterocycles. The molecule has 0 aromatic rings. The molecule has 2 bridgehead atoms. The van der Waals surface area contributed by atoms with Crippen LogP contribution in [0.2, 0.25) is 0 Å². The van der Waals surface area contributed by atoms with Gasteiger partial charge in [0.25, 0.3) is 0 Å². The summed E-state index contributed by atoms with van der Waals surface area (Å²) in [6, 6.07) is -0.681. The molecule has 1 spiro atoms. The highest BCUT2D eigenvalue weighted by atomic mass is 32.2. The van der Waals surface area contributed by atoms with E-state index in [1.807, 2.05) is 6.92 Å². The molecule has 2 unspecified atom stereocenters. The van der Waals surface area contributed by atoms with Crippen molar-refractivity contribution in [2.24, 2.45) is 11.8 Å². The molecule has 2 N–H and O–H groups in total. The summed E-state index contributed by atoms with van der Waals surface area (Å²) in [4.78, 5) is 42.6. The molecule has 0 aliphatic carbocycles. The molecular weight excluding hydrogens is 392 g/mol. The van der Waals surface area contributed by atoms with Crippen molar-refractivity contribution in [2.45, 2.75) is 61.5 Å². The molecule has 162 valence electrons. The first kappa shape index (κ1) is 22.2. The number of fused-ring (bicyclic) bond motifs is 1. The Kier molecular flexibility index (Phi) is 6.34. The normalized spacial score (nSPS) is 35.1. The zero-order valence-electron chi connectivity index (χ0n) is 17.3. The highest BCUT2D eigenvalue weighted by molar-refractivity contribution is 8.02. The predicted molar refractivity (Wildman–Crippen MR) is 111 cm³/mol. The number of amides is 2. The highest BCUT2D eigenvalue weighted by Crippen LogP contribution is 2.71. The number of aliphatic carboxylic acids is 1. The molecule has 0 aromatic carbocycles. The molecule has 8 heteroatoms. The van der Waals surface area contributed by atoms with E-state index in [0.717, 1.165) is 12.8 Å². The van der Waals surface area contributed by atoms with Crippen LogP contribution in [0, 0.1) is 11.8 Å². The van der Waals surface area contributed by atoms with E-state index in [4.69, 9.17) is 0 Å². The summed E-state index contributed by atoms with van der Waals surface area (Å²) in [5, 5.41) is 19.2. The van der Waals surface area contributed by atoms with Gasteiger partial charge in [-0.25, -0.2) is 0 Å². The van der Waals surface area contributed by atoms with E-state index >= 15 is 0 Å². The smallest absolute Gasteiger partial charge is 0.308 e. The first-order valence-corrected chi connectivity index (χ1v) is 11.3. The van der Waals surface area contributed by atoms with E-state index in [9.17, 15) is 24.6 Å². The second-order valence-electron chi connectivity index (χ2n) is 8.60. The Morgan fingerprint density at radius 3 is 2.69 bits per heavy atom. The predicted octanol–water partition coefficient (Wildman–Crippen LogP) is 1.75. The molecule has 3 rings (SSSR count). The molecule has 0 radical (unpaired) electrons. The van der Waals surface area contributed by atoms with Gasteiger partial charge < -0.3 is 20.0 Å². The molecule has 7 nitrogen and oxygen atoms in total. The molecule has 3 aliphatic heterocycles. The van der Waals surface area contributed by atoms with Crippen molar-refractivity contribution >= 4 is 29.5 Å². The Hall–Kier alpha value is -1.54. The van der Waals surface area contributed by atoms with Crippen LogP contribution in [0.4, 0.5) is 0 Å². The number of carbonyl (C=O) groups excluding carboxylic acids is 2. The van der Waals surface area contributed by atoms with Crippen molar-refractivity contribution in [1.82, 2.24) is 9.80 Å². The summed E-state index contributed by atoms with van der Waals surface area (Å²) in [6.07, 6.45) is 5.21. The van der Waals surface area contributed by atoms with Crippen molar-refractivity contribution in [3.05, 3.63) is 12.7 Å². The van der Waals surface area contributed by atoms with Gasteiger partial charge in [0.15, 0.2) is 0 Å². The summed E-state index contributed by atoms with van der Waals surface area (Å²) in [6.45, 7) is 8.93. The van der Waals surface area contributed by atoms with E-state index in [2.05, 4.69) is 13.5 Å². The number of carbonyl (C=O) groups is 3. The van der Waals surface area contributed by atoms with Crippen molar-refractivity contribution < 1.29 is 24.6 Å². The average Bonchev–Trinajstić information content (AvgIpc) is 3.24. The van der Waals surface area contributed by atoms with Crippen LogP contribution in [0.25, 0.3) is 0 Å². The zero-order chi connectivity index (χ0) is 21.4. The second-order valence-corrected chi connectivity index (χ2v) is 10.5. The van der Waals surface area contributed by atoms with Gasteiger partial charge in [-0.15, -0.1) is 18.3 Å². The summed E-state index contributed by atoms with van der Waals surface area (Å²) in [7, 11) is 0. The lowest BCUT2D eigenvalue weighted by Gasteiger charge is -2.37. The maximum Gasteiger partial charge on any atom is 0.308 e. The van der Waals surface area contributed by atoms with Gasteiger partial charge in [0.1, 0.15) is 6.04 Å². The number of rotatable bonds is 10. The lowest BCUT2D eigenvalue weighted by Crippen LogP contribution is -2.55. The van der Waals surface area contributed by atoms with Crippen LogP contribution < -0.4 is 0 Å². The minimum absolute atomic E-state index is 0.0816. The standard InChI is InChI=1S/C21H32N2O5S/c1-4-6-11-22(10-5-2)18(26)16-21-9-8-20(3,29-21)15(19(27)28)14(21)17(25)23(16)12-7-13-24/h5,14-16,24H,2,4,6-13H2,1,3H3,(H,27,28)/t14-,15-,16?,20+,21?/m0/s1. The van der Waals surface area contributed by atoms with E-state index in [1.165, 1.54) is 0 Å². The van der Waals surface area contributed by atoms with Crippen LogP contribution in [-0.2, 0) is 14.4 Å². The molecule has 3 saturated heterocycles. The summed E-state index contributed by atoms with van der Waals surface area (Å²) in [5.74, 6) is -2.78. The lowest BCUT2D eigenvalue weighted by molar-refractivity contribution is -0.150. The first-order chi connectivity index (χ1) is 13.8. The van der Waals surface area contributed by atoms with E-state index in [0.29, 0.717) is 32.4 Å². The Labute approximate surface area is 176 Å². The molecule has 29 heavy (non-hydrogen) atoms. The third-order valence-corrected chi connectivity index (χ3v) is 8.76. The molecular formula is C21H32N2O5S. The molecule has 2 amide bonds. The van der Waals surface area contributed by atoms with Crippen LogP contribution in [0.3, 0.4) is 0 Å². The molecule has 0 saturated carbocycles. The number of aliphatic hydroxyl groups excluding tert-OH is 1. The number of carboxylic acid groups (broad SMARTS) is 1. The summed E-state index contributed by atoms with van der Waals surface area (Å²) >= 11 is 1.55. The van der Waals surface area contributed by atoms with Gasteiger partial charge in [-0.3, -0.25) is 14.4 Å². The van der Waals surface area contributed by atoms with Crippen LogP contribution >= 0.6 is 11.8 Å². The number of hydrogen-bond donors (Lipinski definition) is 2. The van der Waals surface area contributed by atoms with Gasteiger partial charge in [0.2, 0.25) is 11.8 Å². The molecule has 3 aliphatic rings. The lowest BCUT2D eigenvalue weighted by atomic mass is 9.66. The van der Waals surface area contributed by atoms with Crippen molar-refractivity contribution in [1.29, 1.82) is 0 Å². The van der Waals surface area contributed by atoms with Gasteiger partial charge in [0, 0.05) is 31.0 Å². The van der Waals surface area contributed by atoms with Crippen molar-refractivity contribution in [3.63, 3.8) is 0 Å². The number of aliphatic hydroxyl groups is 1. The minimum atomic E-state index is -0.955. The van der Waals surface area contributed by atoms with Gasteiger partial charge in [-0.2, -0.15) is 0 Å². The molecule has 3 fully saturated rings. The highest BCUT2D eigenvalue weighted by Gasteiger charge is 2.77. The second kappa shape index (κ2) is 8.30. The van der Waals surface area contributed by atoms with Crippen molar-refractivity contribution in [2.75, 3.05) is 26.2 Å². The fraction of sp³-hybridized carbons (Fsp3) is 0.762. The van der Waals surface area contributed by atoms with Gasteiger partial charge in [0.05, 0.1) is 16.6 Å². The van der Waals surface area contributed by atoms with Gasteiger partial charge >= 0.3 is 5.97 Å². The van der Waals surface area contributed by atoms with E-state index < -0.39 is 33.3 Å². The van der Waals surface area contributed by atoms with E-state index in [-0.39, 0.29) is 25.0 Å². The maximum atomic E-state index is 13.7. The number of likely N-dealkylation sites (tertiary alicyclic amines) is 1. The minimum Gasteiger partial charge on any atom is -0.481 e. The topological polar surface area (TPSA) is 98.2 Å². The number of hydrogen-bond acceptors (Lipinski definition) is 5. The number of thioether (sulfide) groups is 1. The first-order valence-electron chi connectivity index (χ1n) is 10.5. The zero-order valence-corrected chi connectivity index (χ0v) is 18.1. The van der Waals surface area contributed by atoms with Crippen molar-refractivity contribution in [3.8, 4) is 0 Å². The Balaban J connectivity index is 2.02. The van der Waals surface area contributed by atoms with Crippen LogP contribution in [0.15, 0.2) is 12.7 Å². The molecule has 5 atom stereocenters. The van der Waals surface area contributed by atoms with E-state index in [1.54, 1.807) is 27.6 Å². The summed E-state index contributed by atoms with van der Waals surface area (Å²) in [5.41, 5.74) is 0. The summed E-state index contributed by atoms with van der Waals surface area (Å²) < 4.78 is -1.23. The third kappa shape index (κ3) is 3.38. The third-order valence-electron chi connectivity index (χ3n) is 6.78. The van der Waals surface area contributed by atoms with Gasteiger partial charge in [-0.1, -0.05) is 19.4 Å². The van der Waals surface area contributed by atoms with Crippen LogP contribution in [0.1, 0.15) is 46.0 Å². The maximum absolute atomic E-state index is 13.7. The fourth-order valence-electron chi connectivity index (χ4n) is 5.53. The Bertz CT molecular complexity index is 701. The quantitative estimate of drug-likeness (QED) is 0.519. The monoisotopic (exact) mass is 424 g/mol. The van der Waals surface area contributed by atoms with Gasteiger partial charge in [-0.05, 0) is 32.6 Å². The molecule has 3 heterocycles. The SMILES string of the molecule is C=CCN(CCCC)C(=O)C1N(CCCO)C(=O)[C@@H]2[C@@H](C(=O)O)[C@@]3(C)CCC12S3. The largest absolute Gasteiger partial charge is 0.481 e. The fourth-order valence-corrected chi connectivity index (χ4v) is 7.88. The Morgan fingerprint density at radius 1 is 1.38 bits per heavy atom. The van der Waals surface area contributed by atoms with Crippen LogP contribution in [0.5, 0.6) is 0 Å². The average molecular weight is 425 g/mol. The van der Waals surface area contributed by atoms with Crippen LogP contribution in [-0.4, -0.2) is 79.6 Å². The number of nitrogens with zero attached hydrogens (tertiary/aromatic N) is 2. The number of unbranched alkanes of at least 4 members (excludes halogenated alkanes) is 1.